The van der Waals surface area contributed by atoms with E-state index in [4.69, 9.17) is 11.1 Å². The highest BCUT2D eigenvalue weighted by Gasteiger charge is 2.26. The molecular formula is C15H22F2N4. The molecule has 1 aliphatic rings. The first-order valence-corrected chi connectivity index (χ1v) is 7.22. The lowest BCUT2D eigenvalue weighted by Crippen LogP contribution is -2.39. The third-order valence-corrected chi connectivity index (χ3v) is 4.10. The lowest BCUT2D eigenvalue weighted by atomic mass is 10.1. The average molecular weight is 296 g/mol. The van der Waals surface area contributed by atoms with Gasteiger partial charge in [0.25, 0.3) is 0 Å². The summed E-state index contributed by atoms with van der Waals surface area (Å²) in [6.07, 6.45) is 2.17. The van der Waals surface area contributed by atoms with Crippen molar-refractivity contribution in [2.75, 3.05) is 31.6 Å². The highest BCUT2D eigenvalue weighted by atomic mass is 19.1. The number of benzene rings is 1. The van der Waals surface area contributed by atoms with Gasteiger partial charge in [-0.2, -0.15) is 0 Å². The number of likely N-dealkylation sites (tertiary alicyclic amines) is 1. The third-order valence-electron chi connectivity index (χ3n) is 4.10. The van der Waals surface area contributed by atoms with E-state index in [1.54, 1.807) is 11.9 Å². The van der Waals surface area contributed by atoms with E-state index in [9.17, 15) is 8.78 Å². The summed E-state index contributed by atoms with van der Waals surface area (Å²) in [5.74, 6) is -1.69. The highest BCUT2D eigenvalue weighted by Crippen LogP contribution is 2.26. The van der Waals surface area contributed by atoms with Crippen LogP contribution < -0.4 is 10.6 Å². The summed E-state index contributed by atoms with van der Waals surface area (Å²) in [6.45, 7) is 4.68. The van der Waals surface area contributed by atoms with Crippen molar-refractivity contribution in [3.63, 3.8) is 0 Å². The van der Waals surface area contributed by atoms with Gasteiger partial charge in [0.15, 0.2) is 0 Å². The number of likely N-dealkylation sites (N-methyl/N-ethyl adjacent to an activating group) is 2. The lowest BCUT2D eigenvalue weighted by Gasteiger charge is -2.29. The Morgan fingerprint density at radius 3 is 2.57 bits per heavy atom. The number of anilines is 1. The minimum absolute atomic E-state index is 0.0528. The molecule has 1 heterocycles. The molecule has 0 radical (unpaired) electrons. The summed E-state index contributed by atoms with van der Waals surface area (Å²) in [5, 5.41) is 7.26. The van der Waals surface area contributed by atoms with Crippen molar-refractivity contribution in [1.82, 2.24) is 4.90 Å². The molecule has 3 N–H and O–H groups in total. The quantitative estimate of drug-likeness (QED) is 0.647. The number of nitrogen functional groups attached to an aromatic ring is 1. The van der Waals surface area contributed by atoms with Crippen LogP contribution in [0.15, 0.2) is 12.1 Å². The molecule has 1 fully saturated rings. The number of hydrogen-bond donors (Lipinski definition) is 2. The normalized spacial score (nSPS) is 19.0. The Balaban J connectivity index is 2.19. The van der Waals surface area contributed by atoms with Gasteiger partial charge in [0, 0.05) is 25.2 Å². The maximum Gasteiger partial charge on any atom is 0.150 e. The van der Waals surface area contributed by atoms with Crippen LogP contribution >= 0.6 is 0 Å². The molecular weight excluding hydrogens is 274 g/mol. The number of nitrogens with one attached hydrogen (secondary N) is 1. The standard InChI is InChI=1S/C15H22F2N4/c1-3-21-6-4-5-11(21)9-20(2)14-12(16)7-10(15(18)19)8-13(14)17/h7-8,11H,3-6,9H2,1-2H3,(H3,18,19). The zero-order valence-corrected chi connectivity index (χ0v) is 12.5. The van der Waals surface area contributed by atoms with Gasteiger partial charge in [0.05, 0.1) is 0 Å². The van der Waals surface area contributed by atoms with E-state index in [0.717, 1.165) is 38.1 Å². The molecule has 1 aliphatic heterocycles. The van der Waals surface area contributed by atoms with Crippen LogP contribution in [0.25, 0.3) is 0 Å². The largest absolute Gasteiger partial charge is 0.384 e. The van der Waals surface area contributed by atoms with Gasteiger partial charge in [-0.1, -0.05) is 6.92 Å². The molecule has 1 aromatic rings. The SMILES string of the molecule is CCN1CCCC1CN(C)c1c(F)cc(C(=N)N)cc1F. The summed E-state index contributed by atoms with van der Waals surface area (Å²) >= 11 is 0. The number of nitrogens with two attached hydrogens (primary N) is 1. The Morgan fingerprint density at radius 2 is 2.05 bits per heavy atom. The van der Waals surface area contributed by atoms with Crippen LogP contribution in [0.4, 0.5) is 14.5 Å². The van der Waals surface area contributed by atoms with Crippen LogP contribution in [0.1, 0.15) is 25.3 Å². The van der Waals surface area contributed by atoms with E-state index >= 15 is 0 Å². The maximum atomic E-state index is 14.1. The second kappa shape index (κ2) is 6.39. The van der Waals surface area contributed by atoms with Gasteiger partial charge >= 0.3 is 0 Å². The molecule has 0 saturated carbocycles. The van der Waals surface area contributed by atoms with E-state index in [1.807, 2.05) is 0 Å². The smallest absolute Gasteiger partial charge is 0.150 e. The predicted molar refractivity (Wildman–Crippen MR) is 80.9 cm³/mol. The molecule has 21 heavy (non-hydrogen) atoms. The van der Waals surface area contributed by atoms with Crippen molar-refractivity contribution in [3.05, 3.63) is 29.3 Å². The molecule has 2 rings (SSSR count). The fraction of sp³-hybridized carbons (Fsp3) is 0.533. The highest BCUT2D eigenvalue weighted by molar-refractivity contribution is 5.95. The minimum Gasteiger partial charge on any atom is -0.384 e. The fourth-order valence-corrected chi connectivity index (χ4v) is 3.01. The summed E-state index contributed by atoms with van der Waals surface area (Å²) in [7, 11) is 1.70. The minimum atomic E-state index is -0.677. The zero-order chi connectivity index (χ0) is 15.6. The number of amidine groups is 1. The van der Waals surface area contributed by atoms with Crippen molar-refractivity contribution in [3.8, 4) is 0 Å². The lowest BCUT2D eigenvalue weighted by molar-refractivity contribution is 0.270. The molecule has 0 aromatic heterocycles. The Labute approximate surface area is 124 Å². The van der Waals surface area contributed by atoms with Gasteiger partial charge in [0.2, 0.25) is 0 Å². The van der Waals surface area contributed by atoms with Crippen LogP contribution in [0.5, 0.6) is 0 Å². The van der Waals surface area contributed by atoms with Crippen LogP contribution in [0, 0.1) is 17.0 Å². The number of rotatable bonds is 5. The first-order valence-electron chi connectivity index (χ1n) is 7.22. The second-order valence-electron chi connectivity index (χ2n) is 5.51. The Hall–Kier alpha value is -1.69. The van der Waals surface area contributed by atoms with E-state index in [-0.39, 0.29) is 17.1 Å². The van der Waals surface area contributed by atoms with E-state index < -0.39 is 11.6 Å². The molecule has 1 atom stereocenters. The Bertz CT molecular complexity index is 509. The second-order valence-corrected chi connectivity index (χ2v) is 5.51. The van der Waals surface area contributed by atoms with E-state index in [0.29, 0.717) is 12.6 Å². The molecule has 6 heteroatoms. The molecule has 0 aliphatic carbocycles. The van der Waals surface area contributed by atoms with Crippen LogP contribution in [-0.2, 0) is 0 Å². The fourth-order valence-electron chi connectivity index (χ4n) is 3.01. The predicted octanol–water partition coefficient (Wildman–Crippen LogP) is 2.17. The Morgan fingerprint density at radius 1 is 1.43 bits per heavy atom. The van der Waals surface area contributed by atoms with Crippen molar-refractivity contribution >= 4 is 11.5 Å². The number of halogens is 2. The number of nitrogens with zero attached hydrogens (tertiary/aromatic N) is 2. The van der Waals surface area contributed by atoms with Gasteiger partial charge in [-0.25, -0.2) is 8.78 Å². The van der Waals surface area contributed by atoms with E-state index in [1.165, 1.54) is 0 Å². The summed E-state index contributed by atoms with van der Waals surface area (Å²) in [4.78, 5) is 3.95. The summed E-state index contributed by atoms with van der Waals surface area (Å²) in [5.41, 5.74) is 5.29. The zero-order valence-electron chi connectivity index (χ0n) is 12.5. The average Bonchev–Trinajstić information content (AvgIpc) is 2.84. The first kappa shape index (κ1) is 15.7. The molecule has 0 bridgehead atoms. The topological polar surface area (TPSA) is 56.4 Å². The number of hydrogen-bond acceptors (Lipinski definition) is 3. The van der Waals surface area contributed by atoms with Gasteiger partial charge in [0.1, 0.15) is 23.2 Å². The van der Waals surface area contributed by atoms with Crippen molar-refractivity contribution in [2.24, 2.45) is 5.73 Å². The maximum absolute atomic E-state index is 14.1. The van der Waals surface area contributed by atoms with E-state index in [2.05, 4.69) is 11.8 Å². The Kier molecular flexibility index (Phi) is 4.77. The van der Waals surface area contributed by atoms with Crippen molar-refractivity contribution < 1.29 is 8.78 Å². The third kappa shape index (κ3) is 3.32. The van der Waals surface area contributed by atoms with Crippen molar-refractivity contribution in [1.29, 1.82) is 5.41 Å². The van der Waals surface area contributed by atoms with Crippen LogP contribution in [-0.4, -0.2) is 43.5 Å². The monoisotopic (exact) mass is 296 g/mol. The van der Waals surface area contributed by atoms with Crippen LogP contribution in [0.3, 0.4) is 0 Å². The van der Waals surface area contributed by atoms with Crippen molar-refractivity contribution in [2.45, 2.75) is 25.8 Å². The molecule has 1 saturated heterocycles. The molecule has 116 valence electrons. The van der Waals surface area contributed by atoms with Gasteiger partial charge < -0.3 is 10.6 Å². The summed E-state index contributed by atoms with van der Waals surface area (Å²) < 4.78 is 28.3. The van der Waals surface area contributed by atoms with Crippen LogP contribution in [0.2, 0.25) is 0 Å². The molecule has 1 unspecified atom stereocenters. The molecule has 0 spiro atoms. The molecule has 4 nitrogen and oxygen atoms in total. The summed E-state index contributed by atoms with van der Waals surface area (Å²) in [6, 6.07) is 2.55. The molecule has 1 aromatic carbocycles. The van der Waals surface area contributed by atoms with Gasteiger partial charge in [-0.3, -0.25) is 10.3 Å². The van der Waals surface area contributed by atoms with Gasteiger partial charge in [-0.05, 0) is 38.1 Å². The molecule has 0 amide bonds. The first-order chi connectivity index (χ1) is 9.93. The van der Waals surface area contributed by atoms with Gasteiger partial charge in [-0.15, -0.1) is 0 Å².